The Bertz CT molecular complexity index is 345. The van der Waals surface area contributed by atoms with E-state index in [4.69, 9.17) is 4.74 Å². The second-order valence-electron chi connectivity index (χ2n) is 5.84. The largest absolute Gasteiger partial charge is 0.494 e. The minimum Gasteiger partial charge on any atom is -0.494 e. The van der Waals surface area contributed by atoms with Crippen LogP contribution in [0.3, 0.4) is 0 Å². The molecule has 1 atom stereocenters. The van der Waals surface area contributed by atoms with Gasteiger partial charge in [-0.15, -0.1) is 0 Å². The van der Waals surface area contributed by atoms with Gasteiger partial charge in [-0.3, -0.25) is 0 Å². The molecule has 2 nitrogen and oxygen atoms in total. The number of hydrogen-bond acceptors (Lipinski definition) is 2. The van der Waals surface area contributed by atoms with Crippen LogP contribution in [0.25, 0.3) is 0 Å². The average Bonchev–Trinajstić information content (AvgIpc) is 2.45. The van der Waals surface area contributed by atoms with Crippen LogP contribution in [0.1, 0.15) is 58.9 Å². The van der Waals surface area contributed by atoms with Crippen molar-refractivity contribution in [1.29, 1.82) is 0 Å². The van der Waals surface area contributed by atoms with Crippen LogP contribution in [0.15, 0.2) is 24.3 Å². The molecular weight excluding hydrogens is 246 g/mol. The summed E-state index contributed by atoms with van der Waals surface area (Å²) in [6, 6.07) is 9.09. The van der Waals surface area contributed by atoms with Crippen LogP contribution in [-0.2, 0) is 6.54 Å². The summed E-state index contributed by atoms with van der Waals surface area (Å²) in [4.78, 5) is 0. The average molecular weight is 277 g/mol. The molecule has 114 valence electrons. The third-order valence-electron chi connectivity index (χ3n) is 3.75. The second-order valence-corrected chi connectivity index (χ2v) is 5.84. The van der Waals surface area contributed by atoms with Crippen LogP contribution >= 0.6 is 0 Å². The molecule has 1 unspecified atom stereocenters. The summed E-state index contributed by atoms with van der Waals surface area (Å²) in [6.07, 6.45) is 4.81. The fraction of sp³-hybridized carbons (Fsp3) is 0.667. The van der Waals surface area contributed by atoms with Gasteiger partial charge in [0.25, 0.3) is 0 Å². The first-order chi connectivity index (χ1) is 9.67. The zero-order chi connectivity index (χ0) is 14.8. The Hall–Kier alpha value is -1.02. The monoisotopic (exact) mass is 277 g/mol. The van der Waals surface area contributed by atoms with Crippen molar-refractivity contribution in [3.63, 3.8) is 0 Å². The summed E-state index contributed by atoms with van der Waals surface area (Å²) in [5.41, 5.74) is 1.32. The molecule has 0 saturated carbocycles. The summed E-state index contributed by atoms with van der Waals surface area (Å²) in [5.74, 6) is 1.67. The highest BCUT2D eigenvalue weighted by molar-refractivity contribution is 5.27. The summed E-state index contributed by atoms with van der Waals surface area (Å²) in [5, 5.41) is 3.62. The van der Waals surface area contributed by atoms with Gasteiger partial charge in [-0.1, -0.05) is 52.7 Å². The van der Waals surface area contributed by atoms with E-state index in [2.05, 4.69) is 57.3 Å². The fourth-order valence-corrected chi connectivity index (χ4v) is 2.35. The van der Waals surface area contributed by atoms with E-state index in [1.54, 1.807) is 0 Å². The summed E-state index contributed by atoms with van der Waals surface area (Å²) in [7, 11) is 0. The molecule has 0 heterocycles. The lowest BCUT2D eigenvalue weighted by molar-refractivity contribution is 0.306. The van der Waals surface area contributed by atoms with Crippen molar-refractivity contribution in [1.82, 2.24) is 5.32 Å². The normalized spacial score (nSPS) is 12.7. The van der Waals surface area contributed by atoms with E-state index in [1.807, 2.05) is 0 Å². The minimum absolute atomic E-state index is 0.597. The SMILES string of the molecule is CCCCCOc1ccc(CNC(CC)C(C)C)cc1. The summed E-state index contributed by atoms with van der Waals surface area (Å²) < 4.78 is 5.73. The van der Waals surface area contributed by atoms with Crippen LogP contribution < -0.4 is 10.1 Å². The van der Waals surface area contributed by atoms with E-state index in [0.717, 1.165) is 25.3 Å². The Kier molecular flexibility index (Phi) is 8.36. The van der Waals surface area contributed by atoms with E-state index in [1.165, 1.54) is 24.8 Å². The smallest absolute Gasteiger partial charge is 0.119 e. The van der Waals surface area contributed by atoms with E-state index in [-0.39, 0.29) is 0 Å². The van der Waals surface area contributed by atoms with Crippen LogP contribution in [0, 0.1) is 5.92 Å². The number of unbranched alkanes of at least 4 members (excludes halogenated alkanes) is 2. The highest BCUT2D eigenvalue weighted by atomic mass is 16.5. The van der Waals surface area contributed by atoms with Crippen molar-refractivity contribution in [2.45, 2.75) is 66.0 Å². The van der Waals surface area contributed by atoms with Gasteiger partial charge in [-0.05, 0) is 36.5 Å². The Morgan fingerprint density at radius 1 is 1.05 bits per heavy atom. The third kappa shape index (κ3) is 6.42. The predicted molar refractivity (Wildman–Crippen MR) is 87.2 cm³/mol. The maximum absolute atomic E-state index is 5.73. The molecule has 20 heavy (non-hydrogen) atoms. The molecule has 0 aliphatic carbocycles. The molecule has 0 saturated heterocycles. The van der Waals surface area contributed by atoms with Gasteiger partial charge in [-0.2, -0.15) is 0 Å². The van der Waals surface area contributed by atoms with Crippen LogP contribution in [-0.4, -0.2) is 12.6 Å². The van der Waals surface area contributed by atoms with Gasteiger partial charge in [0.15, 0.2) is 0 Å². The lowest BCUT2D eigenvalue weighted by atomic mass is 10.0. The molecule has 1 rings (SSSR count). The molecular formula is C18H31NO. The van der Waals surface area contributed by atoms with E-state index in [9.17, 15) is 0 Å². The molecule has 0 radical (unpaired) electrons. The first-order valence-corrected chi connectivity index (χ1v) is 8.12. The number of hydrogen-bond donors (Lipinski definition) is 1. The van der Waals surface area contributed by atoms with Crippen molar-refractivity contribution >= 4 is 0 Å². The maximum atomic E-state index is 5.73. The van der Waals surface area contributed by atoms with Gasteiger partial charge < -0.3 is 10.1 Å². The lowest BCUT2D eigenvalue weighted by Gasteiger charge is -2.20. The topological polar surface area (TPSA) is 21.3 Å². The van der Waals surface area contributed by atoms with Crippen LogP contribution in [0.2, 0.25) is 0 Å². The predicted octanol–water partition coefficient (Wildman–Crippen LogP) is 4.78. The van der Waals surface area contributed by atoms with Crippen LogP contribution in [0.5, 0.6) is 5.75 Å². The van der Waals surface area contributed by atoms with Crippen molar-refractivity contribution < 1.29 is 4.74 Å². The van der Waals surface area contributed by atoms with Gasteiger partial charge in [0, 0.05) is 12.6 Å². The van der Waals surface area contributed by atoms with Crippen molar-refractivity contribution in [2.24, 2.45) is 5.92 Å². The molecule has 0 bridgehead atoms. The fourth-order valence-electron chi connectivity index (χ4n) is 2.35. The molecule has 0 aromatic heterocycles. The zero-order valence-electron chi connectivity index (χ0n) is 13.6. The molecule has 0 spiro atoms. The van der Waals surface area contributed by atoms with Crippen molar-refractivity contribution in [3.8, 4) is 5.75 Å². The number of rotatable bonds is 10. The third-order valence-corrected chi connectivity index (χ3v) is 3.75. The lowest BCUT2D eigenvalue weighted by Crippen LogP contribution is -2.32. The van der Waals surface area contributed by atoms with Gasteiger partial charge in [-0.25, -0.2) is 0 Å². The molecule has 1 N–H and O–H groups in total. The standard InChI is InChI=1S/C18H31NO/c1-5-7-8-13-20-17-11-9-16(10-12-17)14-19-18(6-2)15(3)4/h9-12,15,18-19H,5-8,13-14H2,1-4H3. The Labute approximate surface area is 124 Å². The van der Waals surface area contributed by atoms with Crippen LogP contribution in [0.4, 0.5) is 0 Å². The Balaban J connectivity index is 2.34. The second kappa shape index (κ2) is 9.82. The highest BCUT2D eigenvalue weighted by Gasteiger charge is 2.09. The molecule has 0 aliphatic rings. The molecule has 0 amide bonds. The van der Waals surface area contributed by atoms with Gasteiger partial charge in [0.2, 0.25) is 0 Å². The first kappa shape index (κ1) is 17.0. The Morgan fingerprint density at radius 2 is 1.75 bits per heavy atom. The van der Waals surface area contributed by atoms with E-state index >= 15 is 0 Å². The Morgan fingerprint density at radius 3 is 2.30 bits per heavy atom. The molecule has 0 aliphatic heterocycles. The molecule has 1 aromatic carbocycles. The summed E-state index contributed by atoms with van der Waals surface area (Å²) >= 11 is 0. The quantitative estimate of drug-likeness (QED) is 0.621. The first-order valence-electron chi connectivity index (χ1n) is 8.12. The van der Waals surface area contributed by atoms with E-state index < -0.39 is 0 Å². The zero-order valence-corrected chi connectivity index (χ0v) is 13.6. The maximum Gasteiger partial charge on any atom is 0.119 e. The summed E-state index contributed by atoms with van der Waals surface area (Å²) in [6.45, 7) is 10.8. The van der Waals surface area contributed by atoms with Crippen molar-refractivity contribution in [3.05, 3.63) is 29.8 Å². The number of nitrogens with one attached hydrogen (secondary N) is 1. The van der Waals surface area contributed by atoms with E-state index in [0.29, 0.717) is 12.0 Å². The van der Waals surface area contributed by atoms with Gasteiger partial charge in [0.1, 0.15) is 5.75 Å². The molecule has 2 heteroatoms. The van der Waals surface area contributed by atoms with Gasteiger partial charge in [0.05, 0.1) is 6.61 Å². The molecule has 1 aromatic rings. The molecule has 0 fully saturated rings. The van der Waals surface area contributed by atoms with Gasteiger partial charge >= 0.3 is 0 Å². The number of ether oxygens (including phenoxy) is 1. The minimum atomic E-state index is 0.597. The van der Waals surface area contributed by atoms with Crippen molar-refractivity contribution in [2.75, 3.05) is 6.61 Å². The highest BCUT2D eigenvalue weighted by Crippen LogP contribution is 2.14. The number of benzene rings is 1.